The number of carbonyl (C=O) groups excluding carboxylic acids is 1. The van der Waals surface area contributed by atoms with Gasteiger partial charge in [0.25, 0.3) is 5.91 Å². The van der Waals surface area contributed by atoms with Gasteiger partial charge in [-0.05, 0) is 54.7 Å². The molecule has 3 nitrogen and oxygen atoms in total. The van der Waals surface area contributed by atoms with Crippen LogP contribution in [-0.4, -0.2) is 12.0 Å². The molecule has 4 heteroatoms. The highest BCUT2D eigenvalue weighted by Crippen LogP contribution is 2.18. The molecule has 0 radical (unpaired) electrons. The highest BCUT2D eigenvalue weighted by atomic mass is 35.5. The van der Waals surface area contributed by atoms with Crippen molar-refractivity contribution >= 4 is 17.5 Å². The van der Waals surface area contributed by atoms with Crippen LogP contribution in [-0.2, 0) is 24.2 Å². The molecule has 0 fully saturated rings. The van der Waals surface area contributed by atoms with E-state index in [1.807, 2.05) is 0 Å². The zero-order chi connectivity index (χ0) is 17.5. The summed E-state index contributed by atoms with van der Waals surface area (Å²) in [6, 6.07) is 13.5. The Balaban J connectivity index is 1.97. The molecule has 0 saturated carbocycles. The summed E-state index contributed by atoms with van der Waals surface area (Å²) in [4.78, 5) is 12.3. The summed E-state index contributed by atoms with van der Waals surface area (Å²) in [5.74, 6) is 0.450. The first-order valence-corrected chi connectivity index (χ1v) is 8.71. The van der Waals surface area contributed by atoms with Crippen molar-refractivity contribution in [2.75, 3.05) is 0 Å². The molecule has 0 aliphatic heterocycles. The summed E-state index contributed by atoms with van der Waals surface area (Å²) >= 11 is 5.93. The Hall–Kier alpha value is -2.00. The van der Waals surface area contributed by atoms with E-state index in [2.05, 4.69) is 37.4 Å². The minimum Gasteiger partial charge on any atom is -0.481 e. The number of rotatable bonds is 7. The molecule has 1 amide bonds. The number of benzene rings is 2. The molecular formula is C20H24ClNO2. The number of nitrogens with one attached hydrogen (secondary N) is 1. The number of hydrogen-bond acceptors (Lipinski definition) is 2. The van der Waals surface area contributed by atoms with Gasteiger partial charge in [0.15, 0.2) is 6.10 Å². The second kappa shape index (κ2) is 8.74. The van der Waals surface area contributed by atoms with Gasteiger partial charge in [-0.15, -0.1) is 0 Å². The molecule has 0 heterocycles. The van der Waals surface area contributed by atoms with Gasteiger partial charge in [-0.25, -0.2) is 0 Å². The van der Waals surface area contributed by atoms with E-state index in [0.717, 1.165) is 12.8 Å². The van der Waals surface area contributed by atoms with Crippen LogP contribution in [0.5, 0.6) is 5.75 Å². The number of aryl methyl sites for hydroxylation is 2. The maximum atomic E-state index is 12.3. The molecule has 0 saturated heterocycles. The molecule has 1 atom stereocenters. The fourth-order valence-corrected chi connectivity index (χ4v) is 2.71. The molecule has 2 aromatic carbocycles. The largest absolute Gasteiger partial charge is 0.481 e. The van der Waals surface area contributed by atoms with Crippen molar-refractivity contribution in [2.24, 2.45) is 0 Å². The molecule has 1 unspecified atom stereocenters. The molecule has 2 rings (SSSR count). The Morgan fingerprint density at radius 1 is 1.12 bits per heavy atom. The second-order valence-corrected chi connectivity index (χ2v) is 6.18. The summed E-state index contributed by atoms with van der Waals surface area (Å²) in [5, 5.41) is 3.55. The van der Waals surface area contributed by atoms with Crippen LogP contribution in [0, 0.1) is 0 Å². The number of carbonyl (C=O) groups is 1. The fourth-order valence-electron chi connectivity index (χ4n) is 2.53. The molecule has 2 aromatic rings. The van der Waals surface area contributed by atoms with E-state index in [4.69, 9.17) is 16.3 Å². The topological polar surface area (TPSA) is 38.3 Å². The third kappa shape index (κ3) is 5.00. The Morgan fingerprint density at radius 2 is 1.92 bits per heavy atom. The van der Waals surface area contributed by atoms with Crippen molar-refractivity contribution < 1.29 is 9.53 Å². The van der Waals surface area contributed by atoms with Gasteiger partial charge in [0, 0.05) is 11.6 Å². The maximum absolute atomic E-state index is 12.3. The van der Waals surface area contributed by atoms with Gasteiger partial charge < -0.3 is 10.1 Å². The summed E-state index contributed by atoms with van der Waals surface area (Å²) in [6.45, 7) is 6.50. The highest BCUT2D eigenvalue weighted by Gasteiger charge is 2.15. The van der Waals surface area contributed by atoms with Crippen molar-refractivity contribution in [3.8, 4) is 5.75 Å². The third-order valence-corrected chi connectivity index (χ3v) is 4.23. The van der Waals surface area contributed by atoms with Gasteiger partial charge in [-0.1, -0.05) is 49.7 Å². The maximum Gasteiger partial charge on any atom is 0.261 e. The Morgan fingerprint density at radius 3 is 2.58 bits per heavy atom. The number of halogens is 1. The first-order chi connectivity index (χ1) is 11.5. The Labute approximate surface area is 149 Å². The normalized spacial score (nSPS) is 11.8. The van der Waals surface area contributed by atoms with Crippen molar-refractivity contribution in [2.45, 2.75) is 46.3 Å². The SMILES string of the molecule is CCc1ccc(CC)c(CNC(=O)C(C)Oc2cccc(Cl)c2)c1. The van der Waals surface area contributed by atoms with Crippen molar-refractivity contribution in [3.63, 3.8) is 0 Å². The Bertz CT molecular complexity index is 700. The lowest BCUT2D eigenvalue weighted by Gasteiger charge is -2.16. The Kier molecular flexibility index (Phi) is 6.68. The lowest BCUT2D eigenvalue weighted by atomic mass is 10.0. The minimum absolute atomic E-state index is 0.140. The fraction of sp³-hybridized carbons (Fsp3) is 0.350. The van der Waals surface area contributed by atoms with Crippen LogP contribution >= 0.6 is 11.6 Å². The number of hydrogen-bond donors (Lipinski definition) is 1. The van der Waals surface area contributed by atoms with Gasteiger partial charge in [0.2, 0.25) is 0 Å². The van der Waals surface area contributed by atoms with Crippen molar-refractivity contribution in [1.29, 1.82) is 0 Å². The molecule has 24 heavy (non-hydrogen) atoms. The molecule has 128 valence electrons. The van der Waals surface area contributed by atoms with E-state index in [1.165, 1.54) is 16.7 Å². The van der Waals surface area contributed by atoms with Crippen LogP contribution in [0.25, 0.3) is 0 Å². The standard InChI is InChI=1S/C20H24ClNO2/c1-4-15-9-10-16(5-2)17(11-15)13-22-20(23)14(3)24-19-8-6-7-18(21)12-19/h6-12,14H,4-5,13H2,1-3H3,(H,22,23). The predicted octanol–water partition coefficient (Wildman–Crippen LogP) is 4.55. The molecule has 1 N–H and O–H groups in total. The lowest BCUT2D eigenvalue weighted by Crippen LogP contribution is -2.36. The van der Waals surface area contributed by atoms with Gasteiger partial charge in [0.1, 0.15) is 5.75 Å². The zero-order valence-electron chi connectivity index (χ0n) is 14.4. The molecule has 0 aliphatic rings. The van der Waals surface area contributed by atoms with E-state index in [1.54, 1.807) is 31.2 Å². The minimum atomic E-state index is -0.581. The summed E-state index contributed by atoms with van der Waals surface area (Å²) in [5.41, 5.74) is 3.70. The van der Waals surface area contributed by atoms with E-state index in [0.29, 0.717) is 17.3 Å². The van der Waals surface area contributed by atoms with Crippen LogP contribution in [0.2, 0.25) is 5.02 Å². The summed E-state index contributed by atoms with van der Waals surface area (Å²) in [6.07, 6.45) is 1.35. The highest BCUT2D eigenvalue weighted by molar-refractivity contribution is 6.30. The van der Waals surface area contributed by atoms with Crippen LogP contribution < -0.4 is 10.1 Å². The predicted molar refractivity (Wildman–Crippen MR) is 98.6 cm³/mol. The first kappa shape index (κ1) is 18.3. The van der Waals surface area contributed by atoms with Crippen LogP contribution in [0.1, 0.15) is 37.5 Å². The van der Waals surface area contributed by atoms with Crippen molar-refractivity contribution in [3.05, 3.63) is 64.2 Å². The monoisotopic (exact) mass is 345 g/mol. The molecule has 0 aliphatic carbocycles. The average molecular weight is 346 g/mol. The third-order valence-electron chi connectivity index (χ3n) is 3.99. The van der Waals surface area contributed by atoms with Crippen LogP contribution in [0.3, 0.4) is 0 Å². The van der Waals surface area contributed by atoms with E-state index < -0.39 is 6.10 Å². The number of ether oxygens (including phenoxy) is 1. The van der Waals surface area contributed by atoms with Gasteiger partial charge in [0.05, 0.1) is 0 Å². The number of amides is 1. The first-order valence-electron chi connectivity index (χ1n) is 8.34. The average Bonchev–Trinajstić information content (AvgIpc) is 2.59. The van der Waals surface area contributed by atoms with Gasteiger partial charge in [-0.3, -0.25) is 4.79 Å². The quantitative estimate of drug-likeness (QED) is 0.799. The zero-order valence-corrected chi connectivity index (χ0v) is 15.2. The van der Waals surface area contributed by atoms with Crippen LogP contribution in [0.15, 0.2) is 42.5 Å². The summed E-state index contributed by atoms with van der Waals surface area (Å²) < 4.78 is 5.65. The molecule has 0 spiro atoms. The van der Waals surface area contributed by atoms with E-state index in [-0.39, 0.29) is 5.91 Å². The second-order valence-electron chi connectivity index (χ2n) is 5.75. The lowest BCUT2D eigenvalue weighted by molar-refractivity contribution is -0.127. The molecule has 0 bridgehead atoms. The van der Waals surface area contributed by atoms with E-state index >= 15 is 0 Å². The van der Waals surface area contributed by atoms with Gasteiger partial charge in [-0.2, -0.15) is 0 Å². The molecule has 0 aromatic heterocycles. The molecular weight excluding hydrogens is 322 g/mol. The van der Waals surface area contributed by atoms with E-state index in [9.17, 15) is 4.79 Å². The summed E-state index contributed by atoms with van der Waals surface area (Å²) in [7, 11) is 0. The van der Waals surface area contributed by atoms with Gasteiger partial charge >= 0.3 is 0 Å². The van der Waals surface area contributed by atoms with Crippen LogP contribution in [0.4, 0.5) is 0 Å². The van der Waals surface area contributed by atoms with Crippen molar-refractivity contribution in [1.82, 2.24) is 5.32 Å². The smallest absolute Gasteiger partial charge is 0.261 e.